The first-order chi connectivity index (χ1) is 8.31. The second-order valence-corrected chi connectivity index (χ2v) is 4.69. The lowest BCUT2D eigenvalue weighted by atomic mass is 10.0. The van der Waals surface area contributed by atoms with Crippen molar-refractivity contribution in [3.63, 3.8) is 0 Å². The van der Waals surface area contributed by atoms with Gasteiger partial charge in [0.1, 0.15) is 5.75 Å². The molecular weight excluding hydrogens is 309 g/mol. The summed E-state index contributed by atoms with van der Waals surface area (Å²) in [6.07, 6.45) is -2.69. The van der Waals surface area contributed by atoms with Crippen molar-refractivity contribution in [2.45, 2.75) is 20.2 Å². The Labute approximate surface area is 113 Å². The Morgan fingerprint density at radius 2 is 1.83 bits per heavy atom. The highest BCUT2D eigenvalue weighted by molar-refractivity contribution is 9.09. The van der Waals surface area contributed by atoms with Crippen molar-refractivity contribution in [1.29, 1.82) is 0 Å². The van der Waals surface area contributed by atoms with Crippen LogP contribution in [-0.2, 0) is 0 Å². The zero-order valence-corrected chi connectivity index (χ0v) is 11.7. The highest BCUT2D eigenvalue weighted by Gasteiger charge is 2.30. The van der Waals surface area contributed by atoms with Crippen LogP contribution in [0.25, 0.3) is 6.08 Å². The molecule has 0 fully saturated rings. The van der Waals surface area contributed by atoms with Gasteiger partial charge in [0.15, 0.2) is 0 Å². The Kier molecular flexibility index (Phi) is 5.26. The van der Waals surface area contributed by atoms with E-state index in [9.17, 15) is 13.2 Å². The molecule has 0 unspecified atom stereocenters. The van der Waals surface area contributed by atoms with Crippen molar-refractivity contribution in [3.8, 4) is 5.75 Å². The third kappa shape index (κ3) is 5.12. The average molecular weight is 323 g/mol. The number of hydrogen-bond donors (Lipinski definition) is 0. The molecular formula is C13H14BrF3O. The summed E-state index contributed by atoms with van der Waals surface area (Å²) >= 11 is 3.39. The van der Waals surface area contributed by atoms with Gasteiger partial charge in [0.2, 0.25) is 0 Å². The predicted octanol–water partition coefficient (Wildman–Crippen LogP) is 5.02. The van der Waals surface area contributed by atoms with Crippen LogP contribution >= 0.6 is 15.9 Å². The molecule has 1 aromatic rings. The fraction of sp³-hybridized carbons (Fsp3) is 0.385. The Balaban J connectivity index is 2.83. The van der Waals surface area contributed by atoms with E-state index in [0.29, 0.717) is 5.92 Å². The molecule has 1 nitrogen and oxygen atoms in total. The van der Waals surface area contributed by atoms with Crippen molar-refractivity contribution in [2.24, 2.45) is 5.92 Å². The number of halogens is 4. The molecule has 0 heterocycles. The van der Waals surface area contributed by atoms with Crippen LogP contribution in [-0.4, -0.2) is 11.7 Å². The minimum Gasteiger partial charge on any atom is -0.406 e. The summed E-state index contributed by atoms with van der Waals surface area (Å²) in [6.45, 7) is 4.13. The van der Waals surface area contributed by atoms with Gasteiger partial charge in [0.25, 0.3) is 0 Å². The maximum Gasteiger partial charge on any atom is 0.573 e. The van der Waals surface area contributed by atoms with Gasteiger partial charge in [-0.05, 0) is 23.6 Å². The number of ether oxygens (including phenoxy) is 1. The summed E-state index contributed by atoms with van der Waals surface area (Å²) in [4.78, 5) is 0. The maximum atomic E-state index is 12.0. The Morgan fingerprint density at radius 3 is 2.22 bits per heavy atom. The van der Waals surface area contributed by atoms with Gasteiger partial charge in [0.05, 0.1) is 0 Å². The molecule has 0 aliphatic carbocycles. The van der Waals surface area contributed by atoms with E-state index < -0.39 is 6.36 Å². The fourth-order valence-corrected chi connectivity index (χ4v) is 2.15. The van der Waals surface area contributed by atoms with E-state index in [2.05, 4.69) is 34.5 Å². The standard InChI is InChI=1S/C13H14BrF3O/c1-9(2)11(8-14)7-10-3-5-12(6-4-10)18-13(15,16)17/h3-7,9H,8H2,1-2H3. The normalized spacial score (nSPS) is 12.9. The molecule has 0 saturated carbocycles. The Hall–Kier alpha value is -0.970. The number of benzene rings is 1. The summed E-state index contributed by atoms with van der Waals surface area (Å²) < 4.78 is 39.7. The van der Waals surface area contributed by atoms with E-state index in [0.717, 1.165) is 10.9 Å². The van der Waals surface area contributed by atoms with Crippen molar-refractivity contribution in [3.05, 3.63) is 35.4 Å². The lowest BCUT2D eigenvalue weighted by Crippen LogP contribution is -2.16. The molecule has 0 aliphatic heterocycles. The van der Waals surface area contributed by atoms with Crippen LogP contribution < -0.4 is 4.74 Å². The molecule has 18 heavy (non-hydrogen) atoms. The minimum atomic E-state index is -4.64. The first kappa shape index (κ1) is 15.1. The SMILES string of the molecule is CC(C)C(=Cc1ccc(OC(F)(F)F)cc1)CBr. The topological polar surface area (TPSA) is 9.23 Å². The third-order valence-corrected chi connectivity index (χ3v) is 3.01. The number of rotatable bonds is 4. The summed E-state index contributed by atoms with van der Waals surface area (Å²) in [6, 6.07) is 5.83. The van der Waals surface area contributed by atoms with E-state index in [-0.39, 0.29) is 5.75 Å². The van der Waals surface area contributed by atoms with E-state index in [1.54, 1.807) is 12.1 Å². The van der Waals surface area contributed by atoms with Gasteiger partial charge >= 0.3 is 6.36 Å². The second-order valence-electron chi connectivity index (χ2n) is 4.12. The van der Waals surface area contributed by atoms with E-state index >= 15 is 0 Å². The molecule has 5 heteroatoms. The highest BCUT2D eigenvalue weighted by atomic mass is 79.9. The Bertz CT molecular complexity index is 407. The van der Waals surface area contributed by atoms with Crippen LogP contribution in [0.4, 0.5) is 13.2 Å². The van der Waals surface area contributed by atoms with Crippen molar-refractivity contribution < 1.29 is 17.9 Å². The molecule has 0 spiro atoms. The minimum absolute atomic E-state index is 0.204. The van der Waals surface area contributed by atoms with Crippen LogP contribution in [0.1, 0.15) is 19.4 Å². The molecule has 100 valence electrons. The zero-order chi connectivity index (χ0) is 13.8. The van der Waals surface area contributed by atoms with Crippen molar-refractivity contribution in [1.82, 2.24) is 0 Å². The summed E-state index contributed by atoms with van der Waals surface area (Å²) in [5.74, 6) is 0.181. The van der Waals surface area contributed by atoms with Crippen LogP contribution in [0.15, 0.2) is 29.8 Å². The first-order valence-corrected chi connectivity index (χ1v) is 6.56. The predicted molar refractivity (Wildman–Crippen MR) is 69.7 cm³/mol. The molecule has 0 bridgehead atoms. The van der Waals surface area contributed by atoms with Crippen LogP contribution in [0.2, 0.25) is 0 Å². The molecule has 0 saturated heterocycles. The Morgan fingerprint density at radius 1 is 1.28 bits per heavy atom. The number of alkyl halides is 4. The monoisotopic (exact) mass is 322 g/mol. The molecule has 0 amide bonds. The van der Waals surface area contributed by atoms with Gasteiger partial charge in [0, 0.05) is 5.33 Å². The summed E-state index contributed by atoms with van der Waals surface area (Å²) in [5.41, 5.74) is 2.03. The van der Waals surface area contributed by atoms with Crippen LogP contribution in [0.5, 0.6) is 5.75 Å². The van der Waals surface area contributed by atoms with Crippen molar-refractivity contribution >= 4 is 22.0 Å². The molecule has 0 radical (unpaired) electrons. The van der Waals surface area contributed by atoms with Crippen LogP contribution in [0.3, 0.4) is 0 Å². The van der Waals surface area contributed by atoms with E-state index in [1.807, 2.05) is 6.08 Å². The van der Waals surface area contributed by atoms with Gasteiger partial charge in [-0.15, -0.1) is 13.2 Å². The highest BCUT2D eigenvalue weighted by Crippen LogP contribution is 2.24. The van der Waals surface area contributed by atoms with Gasteiger partial charge in [-0.1, -0.05) is 53.6 Å². The van der Waals surface area contributed by atoms with Crippen molar-refractivity contribution in [2.75, 3.05) is 5.33 Å². The van der Waals surface area contributed by atoms with Gasteiger partial charge in [-0.3, -0.25) is 0 Å². The molecule has 0 aromatic heterocycles. The van der Waals surface area contributed by atoms with Gasteiger partial charge < -0.3 is 4.74 Å². The lowest BCUT2D eigenvalue weighted by Gasteiger charge is -2.10. The van der Waals surface area contributed by atoms with E-state index in [1.165, 1.54) is 17.7 Å². The molecule has 0 aliphatic rings. The zero-order valence-electron chi connectivity index (χ0n) is 10.1. The maximum absolute atomic E-state index is 12.0. The molecule has 0 atom stereocenters. The van der Waals surface area contributed by atoms with Gasteiger partial charge in [-0.25, -0.2) is 0 Å². The average Bonchev–Trinajstić information content (AvgIpc) is 2.25. The molecule has 0 N–H and O–H groups in total. The molecule has 1 aromatic carbocycles. The lowest BCUT2D eigenvalue weighted by molar-refractivity contribution is -0.274. The largest absolute Gasteiger partial charge is 0.573 e. The first-order valence-electron chi connectivity index (χ1n) is 5.44. The fourth-order valence-electron chi connectivity index (χ4n) is 1.34. The summed E-state index contributed by atoms with van der Waals surface area (Å²) in [7, 11) is 0. The van der Waals surface area contributed by atoms with E-state index in [4.69, 9.17) is 0 Å². The summed E-state index contributed by atoms with van der Waals surface area (Å²) in [5, 5.41) is 0.742. The van der Waals surface area contributed by atoms with Crippen LogP contribution in [0, 0.1) is 5.92 Å². The smallest absolute Gasteiger partial charge is 0.406 e. The number of allylic oxidation sites excluding steroid dienone is 1. The quantitative estimate of drug-likeness (QED) is 0.707. The van der Waals surface area contributed by atoms with Gasteiger partial charge in [-0.2, -0.15) is 0 Å². The molecule has 1 rings (SSSR count). The second kappa shape index (κ2) is 6.27. The third-order valence-electron chi connectivity index (χ3n) is 2.36. The number of hydrogen-bond acceptors (Lipinski definition) is 1.